The summed E-state index contributed by atoms with van der Waals surface area (Å²) in [5.41, 5.74) is 2.95. The fraction of sp³-hybridized carbons (Fsp3) is 0.333. The van der Waals surface area contributed by atoms with Crippen molar-refractivity contribution in [2.75, 3.05) is 0 Å². The first-order valence-corrected chi connectivity index (χ1v) is 8.72. The fourth-order valence-corrected chi connectivity index (χ4v) is 4.18. The predicted molar refractivity (Wildman–Crippen MR) is 89.8 cm³/mol. The van der Waals surface area contributed by atoms with Gasteiger partial charge in [0.25, 0.3) is 0 Å². The molecule has 3 heterocycles. The predicted octanol–water partition coefficient (Wildman–Crippen LogP) is 3.88. The lowest BCUT2D eigenvalue weighted by Crippen LogP contribution is -2.08. The van der Waals surface area contributed by atoms with Crippen molar-refractivity contribution in [3.8, 4) is 0 Å². The zero-order chi connectivity index (χ0) is 15.8. The van der Waals surface area contributed by atoms with Crippen LogP contribution in [-0.4, -0.2) is 15.4 Å². The van der Waals surface area contributed by atoms with Crippen LogP contribution >= 0.6 is 11.3 Å². The van der Waals surface area contributed by atoms with E-state index in [1.807, 2.05) is 41.1 Å². The number of aromatic nitrogens is 2. The van der Waals surface area contributed by atoms with Gasteiger partial charge >= 0.3 is 5.97 Å². The first-order chi connectivity index (χ1) is 11.2. The molecule has 3 aromatic rings. The summed E-state index contributed by atoms with van der Waals surface area (Å²) in [6.45, 7) is 2.47. The molecule has 23 heavy (non-hydrogen) atoms. The van der Waals surface area contributed by atoms with Gasteiger partial charge in [0.1, 0.15) is 17.1 Å². The Balaban J connectivity index is 1.45. The minimum absolute atomic E-state index is 0.208. The van der Waals surface area contributed by atoms with Gasteiger partial charge < -0.3 is 9.14 Å². The molecule has 0 aliphatic heterocycles. The lowest BCUT2D eigenvalue weighted by Gasteiger charge is -2.16. The number of imidazole rings is 1. The van der Waals surface area contributed by atoms with Crippen molar-refractivity contribution >= 4 is 23.0 Å². The average molecular weight is 326 g/mol. The van der Waals surface area contributed by atoms with Crippen molar-refractivity contribution in [3.63, 3.8) is 0 Å². The molecule has 0 bridgehead atoms. The lowest BCUT2D eigenvalue weighted by molar-refractivity contribution is 0.0474. The van der Waals surface area contributed by atoms with Crippen molar-refractivity contribution in [1.82, 2.24) is 9.38 Å². The first-order valence-electron chi connectivity index (χ1n) is 7.90. The zero-order valence-electron chi connectivity index (χ0n) is 13.0. The molecule has 0 radical (unpaired) electrons. The van der Waals surface area contributed by atoms with E-state index < -0.39 is 0 Å². The van der Waals surface area contributed by atoms with Gasteiger partial charge in [0.05, 0.1) is 5.69 Å². The van der Waals surface area contributed by atoms with E-state index in [1.165, 1.54) is 16.9 Å². The minimum Gasteiger partial charge on any atom is -0.455 e. The Morgan fingerprint density at radius 1 is 1.48 bits per heavy atom. The molecule has 3 aromatic heterocycles. The molecule has 0 N–H and O–H groups in total. The van der Waals surface area contributed by atoms with E-state index in [0.29, 0.717) is 10.8 Å². The normalized spacial score (nSPS) is 17.2. The Kier molecular flexibility index (Phi) is 3.65. The molecule has 1 atom stereocenters. The van der Waals surface area contributed by atoms with Crippen molar-refractivity contribution < 1.29 is 9.53 Å². The largest absolute Gasteiger partial charge is 0.455 e. The number of carbonyl (C=O) groups is 1. The van der Waals surface area contributed by atoms with Crippen LogP contribution in [0.1, 0.15) is 39.2 Å². The number of nitrogens with zero attached hydrogens (tertiary/aromatic N) is 2. The molecule has 0 amide bonds. The summed E-state index contributed by atoms with van der Waals surface area (Å²) in [6, 6.07) is 7.83. The Morgan fingerprint density at radius 3 is 3.26 bits per heavy atom. The zero-order valence-corrected chi connectivity index (χ0v) is 13.8. The molecule has 4 rings (SSSR count). The van der Waals surface area contributed by atoms with Crippen molar-refractivity contribution in [2.45, 2.75) is 32.8 Å². The van der Waals surface area contributed by atoms with E-state index in [2.05, 4.69) is 11.9 Å². The number of aryl methyl sites for hydroxylation is 1. The highest BCUT2D eigenvalue weighted by atomic mass is 32.1. The van der Waals surface area contributed by atoms with Crippen LogP contribution < -0.4 is 0 Å². The Hall–Kier alpha value is -2.14. The number of pyridine rings is 1. The Morgan fingerprint density at radius 2 is 2.39 bits per heavy atom. The van der Waals surface area contributed by atoms with Crippen LogP contribution in [0, 0.1) is 5.92 Å². The summed E-state index contributed by atoms with van der Waals surface area (Å²) >= 11 is 1.59. The smallest absolute Gasteiger partial charge is 0.348 e. The van der Waals surface area contributed by atoms with Gasteiger partial charge in [-0.05, 0) is 48.9 Å². The minimum atomic E-state index is -0.242. The number of esters is 1. The summed E-state index contributed by atoms with van der Waals surface area (Å²) in [6.07, 6.45) is 7.20. The fourth-order valence-electron chi connectivity index (χ4n) is 3.07. The second kappa shape index (κ2) is 5.81. The van der Waals surface area contributed by atoms with Crippen molar-refractivity contribution in [2.24, 2.45) is 5.92 Å². The summed E-state index contributed by atoms with van der Waals surface area (Å²) in [5, 5.41) is 0. The highest BCUT2D eigenvalue weighted by molar-refractivity contribution is 7.14. The number of hydrogen-bond acceptors (Lipinski definition) is 4. The van der Waals surface area contributed by atoms with Gasteiger partial charge in [-0.15, -0.1) is 11.3 Å². The van der Waals surface area contributed by atoms with E-state index in [4.69, 9.17) is 4.74 Å². The molecule has 5 heteroatoms. The van der Waals surface area contributed by atoms with E-state index >= 15 is 0 Å². The molecule has 0 saturated carbocycles. The van der Waals surface area contributed by atoms with Gasteiger partial charge in [0, 0.05) is 17.3 Å². The molecule has 1 aliphatic carbocycles. The van der Waals surface area contributed by atoms with Crippen LogP contribution in [0.4, 0.5) is 0 Å². The number of fused-ring (bicyclic) bond motifs is 2. The first kappa shape index (κ1) is 14.5. The summed E-state index contributed by atoms with van der Waals surface area (Å²) in [5.74, 6) is 0.466. The van der Waals surface area contributed by atoms with Crippen LogP contribution in [0.15, 0.2) is 36.7 Å². The summed E-state index contributed by atoms with van der Waals surface area (Å²) in [7, 11) is 0. The molecule has 0 saturated heterocycles. The maximum atomic E-state index is 12.3. The van der Waals surface area contributed by atoms with Crippen LogP contribution in [0.2, 0.25) is 0 Å². The molecule has 0 spiro atoms. The topological polar surface area (TPSA) is 43.6 Å². The molecule has 0 aromatic carbocycles. The molecule has 1 aliphatic rings. The standard InChI is InChI=1S/C18H18N2O2S/c1-12-5-6-15-13(8-12)9-16(23-15)18(21)22-11-14-10-20-7-3-2-4-17(20)19-14/h2-4,7,9-10,12H,5-6,8,11H2,1H3. The second-order valence-corrected chi connectivity index (χ2v) is 7.32. The number of hydrogen-bond donors (Lipinski definition) is 0. The van der Waals surface area contributed by atoms with Gasteiger partial charge in [0.15, 0.2) is 0 Å². The van der Waals surface area contributed by atoms with Crippen LogP contribution in [0.25, 0.3) is 5.65 Å². The second-order valence-electron chi connectivity index (χ2n) is 6.18. The third kappa shape index (κ3) is 2.88. The Labute approximate surface area is 138 Å². The third-order valence-electron chi connectivity index (χ3n) is 4.30. The highest BCUT2D eigenvalue weighted by Crippen LogP contribution is 2.32. The van der Waals surface area contributed by atoms with Crippen molar-refractivity contribution in [1.29, 1.82) is 0 Å². The van der Waals surface area contributed by atoms with Crippen LogP contribution in [0.5, 0.6) is 0 Å². The maximum absolute atomic E-state index is 12.3. The Bertz CT molecular complexity index is 832. The number of ether oxygens (including phenoxy) is 1. The van der Waals surface area contributed by atoms with E-state index in [-0.39, 0.29) is 12.6 Å². The van der Waals surface area contributed by atoms with Gasteiger partial charge in [-0.3, -0.25) is 0 Å². The SMILES string of the molecule is CC1CCc2sc(C(=O)OCc3cn4ccccc4n3)cc2C1. The number of carbonyl (C=O) groups excluding carboxylic acids is 1. The van der Waals surface area contributed by atoms with Crippen LogP contribution in [-0.2, 0) is 24.2 Å². The number of rotatable bonds is 3. The third-order valence-corrected chi connectivity index (χ3v) is 5.51. The quantitative estimate of drug-likeness (QED) is 0.686. The van der Waals surface area contributed by atoms with Gasteiger partial charge in [-0.25, -0.2) is 9.78 Å². The summed E-state index contributed by atoms with van der Waals surface area (Å²) < 4.78 is 7.37. The van der Waals surface area contributed by atoms with Crippen molar-refractivity contribution in [3.05, 3.63) is 57.7 Å². The molecular weight excluding hydrogens is 308 g/mol. The lowest BCUT2D eigenvalue weighted by atomic mass is 9.90. The molecule has 4 nitrogen and oxygen atoms in total. The van der Waals surface area contributed by atoms with Crippen LogP contribution in [0.3, 0.4) is 0 Å². The molecular formula is C18H18N2O2S. The average Bonchev–Trinajstić information content (AvgIpc) is 3.15. The van der Waals surface area contributed by atoms with Gasteiger partial charge in [0.2, 0.25) is 0 Å². The maximum Gasteiger partial charge on any atom is 0.348 e. The molecule has 1 unspecified atom stereocenters. The monoisotopic (exact) mass is 326 g/mol. The van der Waals surface area contributed by atoms with Gasteiger partial charge in [-0.1, -0.05) is 13.0 Å². The molecule has 118 valence electrons. The highest BCUT2D eigenvalue weighted by Gasteiger charge is 2.21. The van der Waals surface area contributed by atoms with Gasteiger partial charge in [-0.2, -0.15) is 0 Å². The van der Waals surface area contributed by atoms with E-state index in [0.717, 1.165) is 24.2 Å². The summed E-state index contributed by atoms with van der Waals surface area (Å²) in [4.78, 5) is 18.8. The molecule has 0 fully saturated rings. The van der Waals surface area contributed by atoms with E-state index in [1.54, 1.807) is 11.3 Å². The number of thiophene rings is 1. The van der Waals surface area contributed by atoms with E-state index in [9.17, 15) is 4.79 Å².